The van der Waals surface area contributed by atoms with E-state index >= 15 is 0 Å². The number of halogens is 5. The number of oxime groups is 1. The molecule has 1 aliphatic heterocycles. The summed E-state index contributed by atoms with van der Waals surface area (Å²) in [7, 11) is 0. The van der Waals surface area contributed by atoms with Crippen molar-refractivity contribution in [1.82, 2.24) is 10.3 Å². The van der Waals surface area contributed by atoms with Gasteiger partial charge in [0.2, 0.25) is 0 Å². The summed E-state index contributed by atoms with van der Waals surface area (Å²) in [6, 6.07) is 9.19. The summed E-state index contributed by atoms with van der Waals surface area (Å²) >= 11 is 7.91. The smallest absolute Gasteiger partial charge is 0.374 e. The maximum atomic E-state index is 14.2. The third-order valence-corrected chi connectivity index (χ3v) is 6.78. The number of aromatic nitrogens is 1. The monoisotopic (exact) mass is 601 g/mol. The van der Waals surface area contributed by atoms with E-state index in [1.54, 1.807) is 36.7 Å². The number of nitrogens with zero attached hydrogens (tertiary/aromatic N) is 2. The molecule has 0 saturated heterocycles. The van der Waals surface area contributed by atoms with E-state index in [1.807, 2.05) is 5.38 Å². The van der Waals surface area contributed by atoms with Gasteiger partial charge in [0.25, 0.3) is 11.5 Å². The van der Waals surface area contributed by atoms with Crippen molar-refractivity contribution in [3.8, 4) is 0 Å². The summed E-state index contributed by atoms with van der Waals surface area (Å²) in [5.74, 6) is -0.291. The molecule has 0 radical (unpaired) electrons. The number of benzene rings is 2. The molecule has 1 atom stereocenters. The number of amides is 1. The number of hydrogen-bond acceptors (Lipinski definition) is 5. The molecule has 0 aliphatic carbocycles. The van der Waals surface area contributed by atoms with Crippen LogP contribution in [-0.2, 0) is 17.0 Å². The number of rotatable bonds is 5. The summed E-state index contributed by atoms with van der Waals surface area (Å²) in [6.45, 7) is 2.01. The lowest BCUT2D eigenvalue weighted by molar-refractivity contribution is -0.275. The molecule has 33 heavy (non-hydrogen) atoms. The zero-order valence-electron chi connectivity index (χ0n) is 17.0. The number of alkyl halides is 3. The van der Waals surface area contributed by atoms with Crippen molar-refractivity contribution in [3.05, 3.63) is 84.2 Å². The van der Waals surface area contributed by atoms with Gasteiger partial charge in [-0.25, -0.2) is 4.98 Å². The standard InChI is InChI=1S/C22H16Br2F3N3O2S/c1-12-4-13(2-3-18(12)20(31)28-9-17-10-33-11-29-17)19-8-21(32-30-19,22(25,26)27)14-5-15(23)7-16(24)6-14/h2-7,10-11H,8-9H2,1H3,(H,28,31). The van der Waals surface area contributed by atoms with Gasteiger partial charge in [0.05, 0.1) is 23.5 Å². The normalized spacial score (nSPS) is 18.1. The van der Waals surface area contributed by atoms with Crippen LogP contribution in [0.3, 0.4) is 0 Å². The van der Waals surface area contributed by atoms with Crippen LogP contribution in [0.2, 0.25) is 0 Å². The van der Waals surface area contributed by atoms with Crippen LogP contribution >= 0.6 is 43.2 Å². The minimum atomic E-state index is -4.71. The van der Waals surface area contributed by atoms with Crippen LogP contribution in [0, 0.1) is 6.92 Å². The molecule has 4 rings (SSSR count). The van der Waals surface area contributed by atoms with Crippen molar-refractivity contribution in [3.63, 3.8) is 0 Å². The van der Waals surface area contributed by atoms with Crippen molar-refractivity contribution in [2.75, 3.05) is 0 Å². The fraction of sp³-hybridized carbons (Fsp3) is 0.227. The summed E-state index contributed by atoms with van der Waals surface area (Å²) in [6.07, 6.45) is -5.20. The molecule has 0 bridgehead atoms. The molecule has 11 heteroatoms. The Kier molecular flexibility index (Phi) is 6.66. The van der Waals surface area contributed by atoms with Crippen LogP contribution in [0.4, 0.5) is 13.2 Å². The van der Waals surface area contributed by atoms with E-state index in [0.717, 1.165) is 5.69 Å². The fourth-order valence-electron chi connectivity index (χ4n) is 3.53. The molecule has 1 aromatic heterocycles. The van der Waals surface area contributed by atoms with E-state index in [4.69, 9.17) is 4.84 Å². The maximum Gasteiger partial charge on any atom is 0.435 e. The van der Waals surface area contributed by atoms with Crippen molar-refractivity contribution in [2.24, 2.45) is 5.16 Å². The van der Waals surface area contributed by atoms with Crippen LogP contribution in [0.25, 0.3) is 0 Å². The van der Waals surface area contributed by atoms with Gasteiger partial charge >= 0.3 is 6.18 Å². The molecule has 172 valence electrons. The van der Waals surface area contributed by atoms with Gasteiger partial charge in [0.15, 0.2) is 0 Å². The molecule has 2 aromatic carbocycles. The van der Waals surface area contributed by atoms with Gasteiger partial charge in [-0.15, -0.1) is 11.3 Å². The lowest BCUT2D eigenvalue weighted by Gasteiger charge is -2.29. The van der Waals surface area contributed by atoms with Crippen LogP contribution in [0.1, 0.15) is 39.2 Å². The van der Waals surface area contributed by atoms with Crippen LogP contribution in [-0.4, -0.2) is 22.8 Å². The summed E-state index contributed by atoms with van der Waals surface area (Å²) in [5.41, 5.74) is 1.41. The molecule has 2 heterocycles. The Morgan fingerprint density at radius 1 is 1.21 bits per heavy atom. The minimum absolute atomic E-state index is 0.0650. The average Bonchev–Trinajstić information content (AvgIpc) is 3.41. The van der Waals surface area contributed by atoms with E-state index in [9.17, 15) is 18.0 Å². The Hall–Kier alpha value is -2.24. The zero-order chi connectivity index (χ0) is 23.8. The summed E-state index contributed by atoms with van der Waals surface area (Å²) < 4.78 is 43.6. The Bertz CT molecular complexity index is 1210. The molecule has 1 N–H and O–H groups in total. The second-order valence-electron chi connectivity index (χ2n) is 7.48. The van der Waals surface area contributed by atoms with E-state index in [-0.39, 0.29) is 17.2 Å². The Balaban J connectivity index is 1.57. The summed E-state index contributed by atoms with van der Waals surface area (Å²) in [5, 5.41) is 8.43. The van der Waals surface area contributed by atoms with Gasteiger partial charge in [0.1, 0.15) is 0 Å². The molecule has 3 aromatic rings. The first kappa shape index (κ1) is 23.9. The molecule has 0 saturated carbocycles. The Morgan fingerprint density at radius 2 is 1.94 bits per heavy atom. The van der Waals surface area contributed by atoms with Crippen molar-refractivity contribution in [1.29, 1.82) is 0 Å². The first-order chi connectivity index (χ1) is 15.6. The van der Waals surface area contributed by atoms with Crippen molar-refractivity contribution in [2.45, 2.75) is 31.7 Å². The number of nitrogens with one attached hydrogen (secondary N) is 1. The molecule has 0 spiro atoms. The lowest BCUT2D eigenvalue weighted by atomic mass is 9.86. The van der Waals surface area contributed by atoms with Crippen LogP contribution in [0.5, 0.6) is 0 Å². The molecule has 1 aliphatic rings. The maximum absolute atomic E-state index is 14.2. The van der Waals surface area contributed by atoms with Gasteiger partial charge < -0.3 is 10.2 Å². The Labute approximate surface area is 208 Å². The largest absolute Gasteiger partial charge is 0.435 e. The number of thiazole rings is 1. The van der Waals surface area contributed by atoms with E-state index in [0.29, 0.717) is 32.2 Å². The second kappa shape index (κ2) is 9.19. The highest BCUT2D eigenvalue weighted by atomic mass is 79.9. The van der Waals surface area contributed by atoms with Crippen LogP contribution in [0.15, 0.2) is 61.4 Å². The second-order valence-corrected chi connectivity index (χ2v) is 10.0. The number of aryl methyl sites for hydroxylation is 1. The predicted octanol–water partition coefficient (Wildman–Crippen LogP) is 6.49. The van der Waals surface area contributed by atoms with Gasteiger partial charge in [-0.2, -0.15) is 13.2 Å². The predicted molar refractivity (Wildman–Crippen MR) is 126 cm³/mol. The molecular weight excluding hydrogens is 587 g/mol. The molecule has 1 unspecified atom stereocenters. The highest BCUT2D eigenvalue weighted by molar-refractivity contribution is 9.11. The van der Waals surface area contributed by atoms with E-state index in [2.05, 4.69) is 47.3 Å². The van der Waals surface area contributed by atoms with E-state index in [1.165, 1.54) is 23.5 Å². The number of hydrogen-bond donors (Lipinski definition) is 1. The average molecular weight is 603 g/mol. The zero-order valence-corrected chi connectivity index (χ0v) is 21.0. The number of carbonyl (C=O) groups excluding carboxylic acids is 1. The summed E-state index contributed by atoms with van der Waals surface area (Å²) in [4.78, 5) is 21.7. The molecule has 5 nitrogen and oxygen atoms in total. The SMILES string of the molecule is Cc1cc(C2=NOC(c3cc(Br)cc(Br)c3)(C(F)(F)F)C2)ccc1C(=O)NCc1cscn1. The lowest BCUT2D eigenvalue weighted by Crippen LogP contribution is -2.42. The van der Waals surface area contributed by atoms with E-state index < -0.39 is 18.2 Å². The third kappa shape index (κ3) is 4.85. The molecule has 1 amide bonds. The fourth-order valence-corrected chi connectivity index (χ4v) is 5.39. The first-order valence-electron chi connectivity index (χ1n) is 9.64. The van der Waals surface area contributed by atoms with Crippen LogP contribution < -0.4 is 5.32 Å². The highest BCUT2D eigenvalue weighted by Crippen LogP contribution is 2.49. The molecule has 0 fully saturated rings. The number of carbonyl (C=O) groups is 1. The quantitative estimate of drug-likeness (QED) is 0.363. The van der Waals surface area contributed by atoms with Gasteiger partial charge in [-0.1, -0.05) is 43.1 Å². The third-order valence-electron chi connectivity index (χ3n) is 5.23. The first-order valence-corrected chi connectivity index (χ1v) is 12.2. The minimum Gasteiger partial charge on any atom is -0.374 e. The van der Waals surface area contributed by atoms with Gasteiger partial charge in [-0.05, 0) is 48.4 Å². The van der Waals surface area contributed by atoms with Gasteiger partial charge in [-0.3, -0.25) is 4.79 Å². The highest BCUT2D eigenvalue weighted by Gasteiger charge is 2.62. The topological polar surface area (TPSA) is 63.6 Å². The molecular formula is C22H16Br2F3N3O2S. The van der Waals surface area contributed by atoms with Crippen molar-refractivity contribution >= 4 is 54.8 Å². The van der Waals surface area contributed by atoms with Crippen molar-refractivity contribution < 1.29 is 22.8 Å². The van der Waals surface area contributed by atoms with Gasteiger partial charge in [0, 0.05) is 31.9 Å². The Morgan fingerprint density at radius 3 is 2.55 bits per heavy atom.